The molecule has 3 N–H and O–H groups in total. The fraction of sp³-hybridized carbons (Fsp3) is 0.368. The third kappa shape index (κ3) is 5.35. The van der Waals surface area contributed by atoms with Crippen LogP contribution in [0.25, 0.3) is 0 Å². The Morgan fingerprint density at radius 1 is 1.11 bits per heavy atom. The molecular weight excluding hydrogens is 364 g/mol. The SMILES string of the molecule is NS(=O)(=O)c1ccc(CCNC2CCN(C(=O)c3ccncc3)CC2)cc1. The van der Waals surface area contributed by atoms with Gasteiger partial charge in [-0.25, -0.2) is 13.6 Å². The Hall–Kier alpha value is -2.29. The number of nitrogens with one attached hydrogen (secondary N) is 1. The number of hydrogen-bond donors (Lipinski definition) is 2. The van der Waals surface area contributed by atoms with Crippen LogP contribution >= 0.6 is 0 Å². The van der Waals surface area contributed by atoms with Crippen LogP contribution in [0.3, 0.4) is 0 Å². The zero-order valence-corrected chi connectivity index (χ0v) is 15.9. The molecule has 0 aliphatic carbocycles. The molecule has 1 aliphatic rings. The van der Waals surface area contributed by atoms with E-state index in [9.17, 15) is 13.2 Å². The van der Waals surface area contributed by atoms with Crippen molar-refractivity contribution in [3.8, 4) is 0 Å². The minimum absolute atomic E-state index is 0.0609. The first-order chi connectivity index (χ1) is 12.9. The highest BCUT2D eigenvalue weighted by molar-refractivity contribution is 7.89. The summed E-state index contributed by atoms with van der Waals surface area (Å²) in [7, 11) is -3.64. The molecule has 3 rings (SSSR count). The molecule has 1 aromatic carbocycles. The lowest BCUT2D eigenvalue weighted by Crippen LogP contribution is -2.45. The van der Waals surface area contributed by atoms with Gasteiger partial charge in [0.1, 0.15) is 0 Å². The van der Waals surface area contributed by atoms with E-state index in [1.54, 1.807) is 36.7 Å². The van der Waals surface area contributed by atoms with Gasteiger partial charge in [0.25, 0.3) is 5.91 Å². The maximum Gasteiger partial charge on any atom is 0.253 e. The molecule has 0 atom stereocenters. The molecule has 0 unspecified atom stereocenters. The number of likely N-dealkylation sites (tertiary alicyclic amines) is 1. The number of pyridine rings is 1. The molecule has 1 aromatic heterocycles. The Morgan fingerprint density at radius 3 is 2.33 bits per heavy atom. The average molecular weight is 388 g/mol. The predicted octanol–water partition coefficient (Wildman–Crippen LogP) is 1.17. The topological polar surface area (TPSA) is 105 Å². The average Bonchev–Trinajstić information content (AvgIpc) is 2.68. The van der Waals surface area contributed by atoms with Gasteiger partial charge in [-0.2, -0.15) is 0 Å². The summed E-state index contributed by atoms with van der Waals surface area (Å²) in [6.07, 6.45) is 5.91. The second-order valence-corrected chi connectivity index (χ2v) is 8.26. The minimum atomic E-state index is -3.64. The summed E-state index contributed by atoms with van der Waals surface area (Å²) in [5, 5.41) is 8.63. The highest BCUT2D eigenvalue weighted by atomic mass is 32.2. The lowest BCUT2D eigenvalue weighted by Gasteiger charge is -2.32. The standard InChI is InChI=1S/C19H24N4O3S/c20-27(25,26)18-3-1-15(2-4-18)5-12-22-17-8-13-23(14-9-17)19(24)16-6-10-21-11-7-16/h1-4,6-7,10-11,17,22H,5,8-9,12-14H2,(H2,20,25,26). The van der Waals surface area contributed by atoms with Crippen molar-refractivity contribution in [2.24, 2.45) is 5.14 Å². The van der Waals surface area contributed by atoms with Gasteiger partial charge in [-0.3, -0.25) is 9.78 Å². The van der Waals surface area contributed by atoms with E-state index in [0.717, 1.165) is 44.5 Å². The van der Waals surface area contributed by atoms with Crippen LogP contribution in [0.1, 0.15) is 28.8 Å². The largest absolute Gasteiger partial charge is 0.339 e. The first kappa shape index (κ1) is 19.5. The highest BCUT2D eigenvalue weighted by Gasteiger charge is 2.23. The first-order valence-corrected chi connectivity index (χ1v) is 10.5. The summed E-state index contributed by atoms with van der Waals surface area (Å²) >= 11 is 0. The molecule has 0 saturated carbocycles. The molecule has 2 heterocycles. The van der Waals surface area contributed by atoms with Crippen LogP contribution in [0.15, 0.2) is 53.7 Å². The molecular formula is C19H24N4O3S. The summed E-state index contributed by atoms with van der Waals surface area (Å²) < 4.78 is 22.5. The molecule has 1 saturated heterocycles. The van der Waals surface area contributed by atoms with Gasteiger partial charge in [0, 0.05) is 37.1 Å². The second kappa shape index (κ2) is 8.60. The molecule has 0 spiro atoms. The summed E-state index contributed by atoms with van der Waals surface area (Å²) in [6.45, 7) is 2.28. The van der Waals surface area contributed by atoms with Crippen molar-refractivity contribution in [3.05, 3.63) is 59.9 Å². The third-order valence-electron chi connectivity index (χ3n) is 4.81. The van der Waals surface area contributed by atoms with Gasteiger partial charge in [0.15, 0.2) is 0 Å². The van der Waals surface area contributed by atoms with E-state index in [1.165, 1.54) is 12.1 Å². The molecule has 2 aromatic rings. The summed E-state index contributed by atoms with van der Waals surface area (Å²) in [5.74, 6) is 0.0609. The van der Waals surface area contributed by atoms with Crippen molar-refractivity contribution in [2.45, 2.75) is 30.2 Å². The van der Waals surface area contributed by atoms with Crippen molar-refractivity contribution in [1.29, 1.82) is 0 Å². The number of benzene rings is 1. The number of amides is 1. The summed E-state index contributed by atoms with van der Waals surface area (Å²) in [6, 6.07) is 10.5. The molecule has 7 nitrogen and oxygen atoms in total. The normalized spacial score (nSPS) is 15.7. The second-order valence-electron chi connectivity index (χ2n) is 6.70. The van der Waals surface area contributed by atoms with E-state index in [1.807, 2.05) is 4.90 Å². The van der Waals surface area contributed by atoms with E-state index in [4.69, 9.17) is 5.14 Å². The van der Waals surface area contributed by atoms with E-state index in [0.29, 0.717) is 11.6 Å². The maximum atomic E-state index is 12.4. The number of hydrogen-bond acceptors (Lipinski definition) is 5. The number of nitrogens with two attached hydrogens (primary N) is 1. The van der Waals surface area contributed by atoms with Gasteiger partial charge < -0.3 is 10.2 Å². The number of piperidine rings is 1. The van der Waals surface area contributed by atoms with Crippen molar-refractivity contribution in [1.82, 2.24) is 15.2 Å². The number of aromatic nitrogens is 1. The van der Waals surface area contributed by atoms with Gasteiger partial charge >= 0.3 is 0 Å². The van der Waals surface area contributed by atoms with Crippen LogP contribution < -0.4 is 10.5 Å². The van der Waals surface area contributed by atoms with E-state index in [-0.39, 0.29) is 10.8 Å². The monoisotopic (exact) mass is 388 g/mol. The zero-order valence-electron chi connectivity index (χ0n) is 15.0. The quantitative estimate of drug-likeness (QED) is 0.773. The van der Waals surface area contributed by atoms with Crippen LogP contribution in [0.2, 0.25) is 0 Å². The van der Waals surface area contributed by atoms with Crippen molar-refractivity contribution in [3.63, 3.8) is 0 Å². The molecule has 0 radical (unpaired) electrons. The Morgan fingerprint density at radius 2 is 1.74 bits per heavy atom. The van der Waals surface area contributed by atoms with Gasteiger partial charge in [0.2, 0.25) is 10.0 Å². The molecule has 1 fully saturated rings. The molecule has 27 heavy (non-hydrogen) atoms. The predicted molar refractivity (Wildman–Crippen MR) is 103 cm³/mol. The zero-order chi connectivity index (χ0) is 19.3. The highest BCUT2D eigenvalue weighted by Crippen LogP contribution is 2.14. The van der Waals surface area contributed by atoms with Crippen LogP contribution in [0, 0.1) is 0 Å². The lowest BCUT2D eigenvalue weighted by atomic mass is 10.0. The molecule has 8 heteroatoms. The van der Waals surface area contributed by atoms with Crippen molar-refractivity contribution in [2.75, 3.05) is 19.6 Å². The summed E-state index contributed by atoms with van der Waals surface area (Å²) in [5.41, 5.74) is 1.74. The number of nitrogens with zero attached hydrogens (tertiary/aromatic N) is 2. The molecule has 1 aliphatic heterocycles. The first-order valence-electron chi connectivity index (χ1n) is 8.98. The van der Waals surface area contributed by atoms with E-state index >= 15 is 0 Å². The number of carbonyl (C=O) groups excluding carboxylic acids is 1. The number of carbonyl (C=O) groups is 1. The molecule has 1 amide bonds. The van der Waals surface area contributed by atoms with Crippen molar-refractivity contribution < 1.29 is 13.2 Å². The number of rotatable bonds is 6. The number of sulfonamides is 1. The molecule has 144 valence electrons. The maximum absolute atomic E-state index is 12.4. The fourth-order valence-electron chi connectivity index (χ4n) is 3.23. The van der Waals surface area contributed by atoms with E-state index < -0.39 is 10.0 Å². The fourth-order valence-corrected chi connectivity index (χ4v) is 3.75. The number of primary sulfonamides is 1. The summed E-state index contributed by atoms with van der Waals surface area (Å²) in [4.78, 5) is 18.4. The van der Waals surface area contributed by atoms with E-state index in [2.05, 4.69) is 10.3 Å². The Balaban J connectivity index is 1.41. The Bertz CT molecular complexity index is 862. The lowest BCUT2D eigenvalue weighted by molar-refractivity contribution is 0.0705. The Kier molecular flexibility index (Phi) is 6.20. The van der Waals surface area contributed by atoms with Gasteiger partial charge in [-0.15, -0.1) is 0 Å². The Labute approximate surface area is 159 Å². The van der Waals surface area contributed by atoms with Crippen LogP contribution in [-0.2, 0) is 16.4 Å². The van der Waals surface area contributed by atoms with Crippen molar-refractivity contribution >= 4 is 15.9 Å². The smallest absolute Gasteiger partial charge is 0.253 e. The van der Waals surface area contributed by atoms with Gasteiger partial charge in [-0.1, -0.05) is 12.1 Å². The third-order valence-corrected chi connectivity index (χ3v) is 5.74. The molecule has 0 bridgehead atoms. The van der Waals surface area contributed by atoms with Crippen LogP contribution in [-0.4, -0.2) is 49.9 Å². The van der Waals surface area contributed by atoms with Crippen LogP contribution in [0.4, 0.5) is 0 Å². The van der Waals surface area contributed by atoms with Gasteiger partial charge in [-0.05, 0) is 55.6 Å². The minimum Gasteiger partial charge on any atom is -0.339 e. The van der Waals surface area contributed by atoms with Gasteiger partial charge in [0.05, 0.1) is 4.90 Å². The van der Waals surface area contributed by atoms with Crippen LogP contribution in [0.5, 0.6) is 0 Å².